The van der Waals surface area contributed by atoms with Crippen molar-refractivity contribution in [1.29, 1.82) is 0 Å². The predicted molar refractivity (Wildman–Crippen MR) is 135 cm³/mol. The number of rotatable bonds is 4. The third kappa shape index (κ3) is 3.50. The van der Waals surface area contributed by atoms with E-state index in [1.54, 1.807) is 7.11 Å². The molecule has 4 aromatic rings. The normalized spacial score (nSPS) is 19.7. The molecule has 0 fully saturated rings. The van der Waals surface area contributed by atoms with Crippen LogP contribution in [0.15, 0.2) is 96.2 Å². The van der Waals surface area contributed by atoms with Crippen LogP contribution >= 0.6 is 0 Å². The molecule has 6 rings (SSSR count). The summed E-state index contributed by atoms with van der Waals surface area (Å²) < 4.78 is 7.45. The van der Waals surface area contributed by atoms with E-state index in [1.165, 1.54) is 0 Å². The number of allylic oxidation sites excluding steroid dienone is 3. The highest BCUT2D eigenvalue weighted by atomic mass is 16.5. The molecule has 34 heavy (non-hydrogen) atoms. The van der Waals surface area contributed by atoms with Gasteiger partial charge in [0.25, 0.3) is 0 Å². The van der Waals surface area contributed by atoms with Crippen molar-refractivity contribution in [3.8, 4) is 5.75 Å². The maximum absolute atomic E-state index is 13.6. The third-order valence-electron chi connectivity index (χ3n) is 6.80. The van der Waals surface area contributed by atoms with Gasteiger partial charge in [-0.25, -0.2) is 4.98 Å². The van der Waals surface area contributed by atoms with E-state index in [0.717, 1.165) is 51.5 Å². The summed E-state index contributed by atoms with van der Waals surface area (Å²) >= 11 is 0. The van der Waals surface area contributed by atoms with Crippen molar-refractivity contribution in [3.63, 3.8) is 0 Å². The first-order valence-corrected chi connectivity index (χ1v) is 11.6. The van der Waals surface area contributed by atoms with Crippen LogP contribution in [-0.4, -0.2) is 22.4 Å². The van der Waals surface area contributed by atoms with E-state index in [1.807, 2.05) is 48.5 Å². The lowest BCUT2D eigenvalue weighted by Crippen LogP contribution is -2.31. The van der Waals surface area contributed by atoms with Crippen LogP contribution in [0.1, 0.15) is 35.9 Å². The molecule has 2 unspecified atom stereocenters. The van der Waals surface area contributed by atoms with Crippen LogP contribution in [-0.2, 0) is 4.79 Å². The van der Waals surface area contributed by atoms with Crippen molar-refractivity contribution in [2.45, 2.75) is 24.8 Å². The highest BCUT2D eigenvalue weighted by Gasteiger charge is 2.37. The number of ketones is 1. The number of benzene rings is 3. The van der Waals surface area contributed by atoms with Gasteiger partial charge in [-0.05, 0) is 47.7 Å². The van der Waals surface area contributed by atoms with E-state index in [2.05, 4.69) is 52.4 Å². The molecule has 168 valence electrons. The van der Waals surface area contributed by atoms with Crippen molar-refractivity contribution < 1.29 is 9.53 Å². The molecule has 0 saturated carbocycles. The van der Waals surface area contributed by atoms with Gasteiger partial charge < -0.3 is 10.1 Å². The lowest BCUT2D eigenvalue weighted by Gasteiger charge is -2.35. The average molecular weight is 448 g/mol. The number of hydrogen-bond acceptors (Lipinski definition) is 4. The number of nitrogens with one attached hydrogen (secondary N) is 1. The minimum absolute atomic E-state index is 0.124. The van der Waals surface area contributed by atoms with Crippen LogP contribution in [0, 0.1) is 0 Å². The molecule has 0 amide bonds. The molecule has 2 heterocycles. The summed E-state index contributed by atoms with van der Waals surface area (Å²) in [5.74, 6) is 1.91. The molecular formula is C29H25N3O2. The Morgan fingerprint density at radius 3 is 2.53 bits per heavy atom. The van der Waals surface area contributed by atoms with E-state index in [-0.39, 0.29) is 17.7 Å². The number of imidazole rings is 1. The molecule has 0 saturated heterocycles. The Kier molecular flexibility index (Phi) is 5.02. The number of hydrogen-bond donors (Lipinski definition) is 1. The van der Waals surface area contributed by atoms with Gasteiger partial charge in [-0.15, -0.1) is 0 Å². The molecule has 5 heteroatoms. The quantitative estimate of drug-likeness (QED) is 0.409. The summed E-state index contributed by atoms with van der Waals surface area (Å²) in [6, 6.07) is 26.1. The maximum Gasteiger partial charge on any atom is 0.209 e. The molecule has 0 radical (unpaired) electrons. The lowest BCUT2D eigenvalue weighted by molar-refractivity contribution is -0.116. The number of anilines is 1. The van der Waals surface area contributed by atoms with Crippen LogP contribution < -0.4 is 10.1 Å². The molecular weight excluding hydrogens is 422 g/mol. The summed E-state index contributed by atoms with van der Waals surface area (Å²) in [6.07, 6.45) is 5.49. The summed E-state index contributed by atoms with van der Waals surface area (Å²) in [5, 5.41) is 3.52. The first-order chi connectivity index (χ1) is 16.7. The highest BCUT2D eigenvalue weighted by molar-refractivity contribution is 6.01. The number of methoxy groups -OCH3 is 1. The van der Waals surface area contributed by atoms with Crippen molar-refractivity contribution in [1.82, 2.24) is 9.55 Å². The largest absolute Gasteiger partial charge is 0.497 e. The molecule has 0 spiro atoms. The monoisotopic (exact) mass is 447 g/mol. The summed E-state index contributed by atoms with van der Waals surface area (Å²) in [7, 11) is 1.66. The number of aromatic nitrogens is 2. The molecule has 1 aliphatic carbocycles. The minimum Gasteiger partial charge on any atom is -0.497 e. The van der Waals surface area contributed by atoms with Crippen molar-refractivity contribution in [3.05, 3.63) is 107 Å². The molecule has 1 N–H and O–H groups in total. The molecule has 5 nitrogen and oxygen atoms in total. The van der Waals surface area contributed by atoms with Gasteiger partial charge in [0.05, 0.1) is 24.2 Å². The zero-order valence-electron chi connectivity index (χ0n) is 18.9. The average Bonchev–Trinajstić information content (AvgIpc) is 3.25. The molecule has 2 aliphatic rings. The Balaban J connectivity index is 1.43. The van der Waals surface area contributed by atoms with E-state index in [0.29, 0.717) is 6.42 Å². The topological polar surface area (TPSA) is 56.1 Å². The molecule has 2 atom stereocenters. The Morgan fingerprint density at radius 1 is 0.971 bits per heavy atom. The summed E-state index contributed by atoms with van der Waals surface area (Å²) in [4.78, 5) is 18.5. The minimum atomic E-state index is -0.205. The van der Waals surface area contributed by atoms with Crippen molar-refractivity contribution >= 4 is 28.8 Å². The van der Waals surface area contributed by atoms with Crippen molar-refractivity contribution in [2.75, 3.05) is 12.4 Å². The molecule has 1 aromatic heterocycles. The summed E-state index contributed by atoms with van der Waals surface area (Å²) in [6.45, 7) is 0. The second kappa shape index (κ2) is 8.34. The molecule has 0 bridgehead atoms. The molecule has 1 aliphatic heterocycles. The zero-order valence-corrected chi connectivity index (χ0v) is 18.9. The number of carbonyl (C=O) groups is 1. The highest BCUT2D eigenvalue weighted by Crippen LogP contribution is 2.44. The smallest absolute Gasteiger partial charge is 0.209 e. The standard InChI is InChI=1S/C29H25N3O2/c1-34-22-14-12-20(13-15-22)21-17-24-28(27(33)18-21)26(16-11-19-7-3-2-4-8-19)32-25-10-6-5-9-23(25)30-29(32)31-24/h2-16,21,26H,17-18H2,1H3,(H,30,31). The van der Waals surface area contributed by atoms with Crippen LogP contribution in [0.2, 0.25) is 0 Å². The van der Waals surface area contributed by atoms with Gasteiger partial charge >= 0.3 is 0 Å². The van der Waals surface area contributed by atoms with E-state index >= 15 is 0 Å². The lowest BCUT2D eigenvalue weighted by atomic mass is 9.79. The first-order valence-electron chi connectivity index (χ1n) is 11.6. The van der Waals surface area contributed by atoms with E-state index in [4.69, 9.17) is 9.72 Å². The third-order valence-corrected chi connectivity index (χ3v) is 6.80. The van der Waals surface area contributed by atoms with Gasteiger partial charge in [0.2, 0.25) is 5.95 Å². The molecule has 3 aromatic carbocycles. The number of ether oxygens (including phenoxy) is 1. The first kappa shape index (κ1) is 20.5. The predicted octanol–water partition coefficient (Wildman–Crippen LogP) is 6.13. The Labute approximate surface area is 198 Å². The number of para-hydroxylation sites is 2. The van der Waals surface area contributed by atoms with Gasteiger partial charge in [-0.2, -0.15) is 0 Å². The van der Waals surface area contributed by atoms with Crippen molar-refractivity contribution in [2.24, 2.45) is 0 Å². The SMILES string of the molecule is COc1ccc(C2CC(=O)C3=C(C2)Nc2nc4ccccc4n2C3C=Cc2ccccc2)cc1. The summed E-state index contributed by atoms with van der Waals surface area (Å²) in [5.41, 5.74) is 6.01. The van der Waals surface area contributed by atoms with Crippen LogP contribution in [0.3, 0.4) is 0 Å². The Bertz CT molecular complexity index is 1430. The van der Waals surface area contributed by atoms with Gasteiger partial charge in [-0.1, -0.05) is 66.7 Å². The number of nitrogens with zero attached hydrogens (tertiary/aromatic N) is 2. The fourth-order valence-corrected chi connectivity index (χ4v) is 5.13. The van der Waals surface area contributed by atoms with Crippen LogP contribution in [0.5, 0.6) is 5.75 Å². The van der Waals surface area contributed by atoms with Gasteiger partial charge in [0.15, 0.2) is 5.78 Å². The number of fused-ring (bicyclic) bond motifs is 3. The van der Waals surface area contributed by atoms with Gasteiger partial charge in [0, 0.05) is 17.7 Å². The second-order valence-corrected chi connectivity index (χ2v) is 8.83. The van der Waals surface area contributed by atoms with E-state index in [9.17, 15) is 4.79 Å². The second-order valence-electron chi connectivity index (χ2n) is 8.83. The Morgan fingerprint density at radius 2 is 1.74 bits per heavy atom. The zero-order chi connectivity index (χ0) is 23.1. The fourth-order valence-electron chi connectivity index (χ4n) is 5.13. The van der Waals surface area contributed by atoms with Crippen LogP contribution in [0.25, 0.3) is 17.1 Å². The number of Topliss-reactive ketones (excluding diaryl/α,β-unsaturated/α-hetero) is 1. The Hall–Kier alpha value is -4.12. The van der Waals surface area contributed by atoms with E-state index < -0.39 is 0 Å². The van der Waals surface area contributed by atoms with Crippen LogP contribution in [0.4, 0.5) is 5.95 Å². The fraction of sp³-hybridized carbons (Fsp3) is 0.172. The number of carbonyl (C=O) groups excluding carboxylic acids is 1. The maximum atomic E-state index is 13.6. The van der Waals surface area contributed by atoms with Gasteiger partial charge in [-0.3, -0.25) is 9.36 Å². The van der Waals surface area contributed by atoms with Gasteiger partial charge in [0.1, 0.15) is 5.75 Å².